The molecule has 1 aromatic heterocycles. The summed E-state index contributed by atoms with van der Waals surface area (Å²) in [6.45, 7) is 3.63. The Morgan fingerprint density at radius 2 is 1.96 bits per heavy atom. The maximum Gasteiger partial charge on any atom is 0.314 e. The van der Waals surface area contributed by atoms with E-state index in [1.807, 2.05) is 13.0 Å². The predicted molar refractivity (Wildman–Crippen MR) is 98.9 cm³/mol. The SMILES string of the molecule is CCCNC(=O)NCCn1nnc2cc(C(=O)NC3CCCC3)ccc21. The van der Waals surface area contributed by atoms with Crippen molar-refractivity contribution in [2.45, 2.75) is 51.6 Å². The van der Waals surface area contributed by atoms with Gasteiger partial charge in [-0.1, -0.05) is 25.0 Å². The molecule has 3 amide bonds. The standard InChI is InChI=1S/C18H26N6O2/c1-2-9-19-18(26)20-10-11-24-16-8-7-13(12-15(16)22-23-24)17(25)21-14-5-3-4-6-14/h7-8,12,14H,2-6,9-11H2,1H3,(H,21,25)(H2,19,20,26). The van der Waals surface area contributed by atoms with Gasteiger partial charge in [-0.05, 0) is 37.5 Å². The molecule has 140 valence electrons. The molecule has 8 heteroatoms. The molecule has 8 nitrogen and oxygen atoms in total. The minimum Gasteiger partial charge on any atom is -0.349 e. The van der Waals surface area contributed by atoms with Crippen molar-refractivity contribution in [3.63, 3.8) is 0 Å². The number of rotatable bonds is 7. The first-order chi connectivity index (χ1) is 12.7. The fourth-order valence-electron chi connectivity index (χ4n) is 3.19. The van der Waals surface area contributed by atoms with Crippen LogP contribution in [-0.2, 0) is 6.54 Å². The zero-order valence-electron chi connectivity index (χ0n) is 15.1. The van der Waals surface area contributed by atoms with Gasteiger partial charge < -0.3 is 16.0 Å². The van der Waals surface area contributed by atoms with Crippen LogP contribution in [0.5, 0.6) is 0 Å². The highest BCUT2D eigenvalue weighted by Gasteiger charge is 2.18. The summed E-state index contributed by atoms with van der Waals surface area (Å²) in [6.07, 6.45) is 5.38. The van der Waals surface area contributed by atoms with Crippen molar-refractivity contribution in [1.29, 1.82) is 0 Å². The van der Waals surface area contributed by atoms with Gasteiger partial charge >= 0.3 is 6.03 Å². The fraction of sp³-hybridized carbons (Fsp3) is 0.556. The topological polar surface area (TPSA) is 101 Å². The average Bonchev–Trinajstić information content (AvgIpc) is 3.29. The monoisotopic (exact) mass is 358 g/mol. The highest BCUT2D eigenvalue weighted by atomic mass is 16.2. The Bertz CT molecular complexity index is 766. The molecular formula is C18H26N6O2. The maximum atomic E-state index is 12.4. The third-order valence-corrected chi connectivity index (χ3v) is 4.61. The van der Waals surface area contributed by atoms with Crippen LogP contribution >= 0.6 is 0 Å². The Balaban J connectivity index is 1.58. The first-order valence-corrected chi connectivity index (χ1v) is 9.33. The zero-order valence-corrected chi connectivity index (χ0v) is 15.1. The third-order valence-electron chi connectivity index (χ3n) is 4.61. The molecule has 0 unspecified atom stereocenters. The summed E-state index contributed by atoms with van der Waals surface area (Å²) in [5.74, 6) is -0.0531. The number of urea groups is 1. The highest BCUT2D eigenvalue weighted by molar-refractivity contribution is 5.97. The van der Waals surface area contributed by atoms with E-state index in [2.05, 4.69) is 26.3 Å². The Kier molecular flexibility index (Phi) is 6.04. The van der Waals surface area contributed by atoms with Gasteiger partial charge in [0.05, 0.1) is 12.1 Å². The molecule has 3 N–H and O–H groups in total. The molecule has 0 aliphatic heterocycles. The Labute approximate surface area is 152 Å². The van der Waals surface area contributed by atoms with E-state index in [0.29, 0.717) is 36.8 Å². The highest BCUT2D eigenvalue weighted by Crippen LogP contribution is 2.19. The Hall–Kier alpha value is -2.64. The van der Waals surface area contributed by atoms with Crippen LogP contribution in [0.15, 0.2) is 18.2 Å². The van der Waals surface area contributed by atoms with E-state index >= 15 is 0 Å². The molecule has 1 aromatic carbocycles. The van der Waals surface area contributed by atoms with Gasteiger partial charge in [-0.2, -0.15) is 0 Å². The fourth-order valence-corrected chi connectivity index (χ4v) is 3.19. The van der Waals surface area contributed by atoms with Gasteiger partial charge in [0, 0.05) is 24.7 Å². The minimum atomic E-state index is -0.179. The van der Waals surface area contributed by atoms with Gasteiger partial charge in [0.15, 0.2) is 0 Å². The predicted octanol–water partition coefficient (Wildman–Crippen LogP) is 1.81. The first-order valence-electron chi connectivity index (χ1n) is 9.33. The van der Waals surface area contributed by atoms with Crippen molar-refractivity contribution in [2.75, 3.05) is 13.1 Å². The van der Waals surface area contributed by atoms with Crippen molar-refractivity contribution >= 4 is 23.0 Å². The lowest BCUT2D eigenvalue weighted by atomic mass is 10.1. The van der Waals surface area contributed by atoms with Crippen molar-refractivity contribution < 1.29 is 9.59 Å². The normalized spacial score (nSPS) is 14.5. The molecule has 0 saturated heterocycles. The molecule has 1 heterocycles. The van der Waals surface area contributed by atoms with Gasteiger partial charge in [-0.15, -0.1) is 5.10 Å². The minimum absolute atomic E-state index is 0.0531. The number of carbonyl (C=O) groups is 2. The number of hydrogen-bond donors (Lipinski definition) is 3. The second-order valence-electron chi connectivity index (χ2n) is 6.65. The third kappa shape index (κ3) is 4.50. The largest absolute Gasteiger partial charge is 0.349 e. The van der Waals surface area contributed by atoms with E-state index in [1.165, 1.54) is 12.8 Å². The second-order valence-corrected chi connectivity index (χ2v) is 6.65. The number of fused-ring (bicyclic) bond motifs is 1. The van der Waals surface area contributed by atoms with E-state index in [0.717, 1.165) is 24.8 Å². The zero-order chi connectivity index (χ0) is 18.4. The number of nitrogens with zero attached hydrogens (tertiary/aromatic N) is 3. The number of hydrogen-bond acceptors (Lipinski definition) is 4. The molecule has 0 spiro atoms. The quantitative estimate of drug-likeness (QED) is 0.703. The van der Waals surface area contributed by atoms with Crippen molar-refractivity contribution in [2.24, 2.45) is 0 Å². The molecule has 1 fully saturated rings. The van der Waals surface area contributed by atoms with Gasteiger partial charge in [0.2, 0.25) is 0 Å². The molecule has 0 radical (unpaired) electrons. The number of aromatic nitrogens is 3. The van der Waals surface area contributed by atoms with Crippen LogP contribution in [0.3, 0.4) is 0 Å². The summed E-state index contributed by atoms with van der Waals surface area (Å²) < 4.78 is 1.73. The van der Waals surface area contributed by atoms with E-state index < -0.39 is 0 Å². The molecule has 2 aromatic rings. The van der Waals surface area contributed by atoms with E-state index in [4.69, 9.17) is 0 Å². The molecule has 1 aliphatic rings. The van der Waals surface area contributed by atoms with Crippen LogP contribution in [0.25, 0.3) is 11.0 Å². The second kappa shape index (κ2) is 8.64. The van der Waals surface area contributed by atoms with Gasteiger partial charge in [0.1, 0.15) is 5.52 Å². The van der Waals surface area contributed by atoms with Crippen molar-refractivity contribution in [1.82, 2.24) is 30.9 Å². The molecular weight excluding hydrogens is 332 g/mol. The van der Waals surface area contributed by atoms with E-state index in [1.54, 1.807) is 16.8 Å². The van der Waals surface area contributed by atoms with Crippen LogP contribution < -0.4 is 16.0 Å². The first kappa shape index (κ1) is 18.2. The molecule has 3 rings (SSSR count). The lowest BCUT2D eigenvalue weighted by Gasteiger charge is -2.11. The average molecular weight is 358 g/mol. The van der Waals surface area contributed by atoms with Crippen molar-refractivity contribution in [3.05, 3.63) is 23.8 Å². The molecule has 1 aliphatic carbocycles. The Morgan fingerprint density at radius 3 is 2.73 bits per heavy atom. The van der Waals surface area contributed by atoms with Gasteiger partial charge in [-0.25, -0.2) is 9.48 Å². The molecule has 0 bridgehead atoms. The molecule has 26 heavy (non-hydrogen) atoms. The smallest absolute Gasteiger partial charge is 0.314 e. The Morgan fingerprint density at radius 1 is 1.19 bits per heavy atom. The summed E-state index contributed by atoms with van der Waals surface area (Å²) in [5.41, 5.74) is 2.13. The summed E-state index contributed by atoms with van der Waals surface area (Å²) in [4.78, 5) is 23.9. The van der Waals surface area contributed by atoms with Crippen LogP contribution in [0.1, 0.15) is 49.4 Å². The lowest BCUT2D eigenvalue weighted by Crippen LogP contribution is -2.37. The summed E-state index contributed by atoms with van der Waals surface area (Å²) in [6, 6.07) is 5.54. The van der Waals surface area contributed by atoms with Crippen LogP contribution in [0.4, 0.5) is 4.79 Å². The van der Waals surface area contributed by atoms with Gasteiger partial charge in [-0.3, -0.25) is 4.79 Å². The van der Waals surface area contributed by atoms with Crippen molar-refractivity contribution in [3.8, 4) is 0 Å². The molecule has 0 atom stereocenters. The molecule has 1 saturated carbocycles. The summed E-state index contributed by atoms with van der Waals surface area (Å²) >= 11 is 0. The lowest BCUT2D eigenvalue weighted by molar-refractivity contribution is 0.0938. The maximum absolute atomic E-state index is 12.4. The number of nitrogens with one attached hydrogen (secondary N) is 3. The van der Waals surface area contributed by atoms with Crippen LogP contribution in [0.2, 0.25) is 0 Å². The van der Waals surface area contributed by atoms with E-state index in [9.17, 15) is 9.59 Å². The van der Waals surface area contributed by atoms with Gasteiger partial charge in [0.25, 0.3) is 5.91 Å². The van der Waals surface area contributed by atoms with Crippen LogP contribution in [-0.4, -0.2) is 46.1 Å². The summed E-state index contributed by atoms with van der Waals surface area (Å²) in [7, 11) is 0. The van der Waals surface area contributed by atoms with Crippen LogP contribution in [0, 0.1) is 0 Å². The number of benzene rings is 1. The number of amides is 3. The number of carbonyl (C=O) groups excluding carboxylic acids is 2. The summed E-state index contributed by atoms with van der Waals surface area (Å²) in [5, 5.41) is 16.9. The van der Waals surface area contributed by atoms with E-state index in [-0.39, 0.29) is 11.9 Å².